The number of carbonyl (C=O) groups is 3. The van der Waals surface area contributed by atoms with Gasteiger partial charge in [0.2, 0.25) is 5.91 Å². The fourth-order valence-corrected chi connectivity index (χ4v) is 1.22. The lowest BCUT2D eigenvalue weighted by atomic mass is 10.3. The lowest BCUT2D eigenvalue weighted by Crippen LogP contribution is -2.36. The minimum Gasteiger partial charge on any atom is -0.482 e. The molecule has 0 aromatic heterocycles. The first-order valence-electron chi connectivity index (χ1n) is 5.56. The molecule has 1 aromatic rings. The summed E-state index contributed by atoms with van der Waals surface area (Å²) in [5.41, 5.74) is 4.83. The van der Waals surface area contributed by atoms with Crippen molar-refractivity contribution in [2.75, 3.05) is 19.8 Å². The molecule has 0 aliphatic heterocycles. The van der Waals surface area contributed by atoms with Crippen molar-refractivity contribution < 1.29 is 23.9 Å². The molecular formula is C12H13ClN2O5. The van der Waals surface area contributed by atoms with Crippen LogP contribution in [0.5, 0.6) is 5.75 Å². The van der Waals surface area contributed by atoms with Crippen molar-refractivity contribution in [3.63, 3.8) is 0 Å². The number of halogens is 1. The third-order valence-corrected chi connectivity index (χ3v) is 2.25. The van der Waals surface area contributed by atoms with E-state index in [0.29, 0.717) is 10.8 Å². The Morgan fingerprint density at radius 1 is 1.15 bits per heavy atom. The Bertz CT molecular complexity index is 489. The maximum absolute atomic E-state index is 11.3. The second kappa shape index (κ2) is 8.00. The quantitative estimate of drug-likeness (QED) is 0.682. The van der Waals surface area contributed by atoms with E-state index in [-0.39, 0.29) is 13.2 Å². The third-order valence-electron chi connectivity index (χ3n) is 1.99. The van der Waals surface area contributed by atoms with Crippen molar-refractivity contribution in [1.82, 2.24) is 5.32 Å². The van der Waals surface area contributed by atoms with Crippen molar-refractivity contribution in [2.24, 2.45) is 5.73 Å². The number of ether oxygens (including phenoxy) is 2. The molecule has 108 valence electrons. The highest BCUT2D eigenvalue weighted by molar-refractivity contribution is 6.30. The summed E-state index contributed by atoms with van der Waals surface area (Å²) < 4.78 is 9.74. The standard InChI is InChI=1S/C12H13ClN2O5/c13-8-1-3-9(4-2-8)19-7-12(18)20-6-11(17)15-5-10(14)16/h1-4H,5-7H2,(H2,14,16)(H,15,17). The van der Waals surface area contributed by atoms with Crippen LogP contribution in [0, 0.1) is 0 Å². The molecule has 8 heteroatoms. The van der Waals surface area contributed by atoms with Gasteiger partial charge in [0.05, 0.1) is 6.54 Å². The summed E-state index contributed by atoms with van der Waals surface area (Å²) in [6.07, 6.45) is 0. The number of nitrogens with one attached hydrogen (secondary N) is 1. The lowest BCUT2D eigenvalue weighted by molar-refractivity contribution is -0.150. The van der Waals surface area contributed by atoms with Crippen LogP contribution < -0.4 is 15.8 Å². The summed E-state index contributed by atoms with van der Waals surface area (Å²) in [6, 6.07) is 6.41. The van der Waals surface area contributed by atoms with Gasteiger partial charge in [-0.3, -0.25) is 9.59 Å². The van der Waals surface area contributed by atoms with Crippen LogP contribution in [0.2, 0.25) is 5.02 Å². The fourth-order valence-electron chi connectivity index (χ4n) is 1.10. The van der Waals surface area contributed by atoms with Crippen LogP contribution in [0.4, 0.5) is 0 Å². The van der Waals surface area contributed by atoms with Gasteiger partial charge in [-0.1, -0.05) is 11.6 Å². The Labute approximate surface area is 120 Å². The Balaban J connectivity index is 2.21. The minimum atomic E-state index is -0.714. The molecular weight excluding hydrogens is 288 g/mol. The molecule has 7 nitrogen and oxygen atoms in total. The summed E-state index contributed by atoms with van der Waals surface area (Å²) in [4.78, 5) is 32.8. The number of amides is 2. The van der Waals surface area contributed by atoms with Crippen molar-refractivity contribution in [2.45, 2.75) is 0 Å². The Kier molecular flexibility index (Phi) is 6.31. The molecule has 0 spiro atoms. The fraction of sp³-hybridized carbons (Fsp3) is 0.250. The molecule has 0 unspecified atom stereocenters. The van der Waals surface area contributed by atoms with Crippen molar-refractivity contribution in [3.8, 4) is 5.75 Å². The molecule has 0 bridgehead atoms. The number of rotatable bonds is 7. The predicted molar refractivity (Wildman–Crippen MR) is 70.1 cm³/mol. The van der Waals surface area contributed by atoms with Gasteiger partial charge >= 0.3 is 5.97 Å². The number of benzene rings is 1. The van der Waals surface area contributed by atoms with E-state index in [1.165, 1.54) is 0 Å². The monoisotopic (exact) mass is 300 g/mol. The Hall–Kier alpha value is -2.28. The van der Waals surface area contributed by atoms with E-state index in [1.807, 2.05) is 0 Å². The summed E-state index contributed by atoms with van der Waals surface area (Å²) in [5, 5.41) is 2.72. The summed E-state index contributed by atoms with van der Waals surface area (Å²) >= 11 is 5.69. The molecule has 1 aromatic carbocycles. The van der Waals surface area contributed by atoms with E-state index in [2.05, 4.69) is 10.1 Å². The first-order chi connectivity index (χ1) is 9.47. The van der Waals surface area contributed by atoms with E-state index in [9.17, 15) is 14.4 Å². The van der Waals surface area contributed by atoms with E-state index < -0.39 is 24.4 Å². The zero-order valence-electron chi connectivity index (χ0n) is 10.4. The van der Waals surface area contributed by atoms with Crippen molar-refractivity contribution >= 4 is 29.4 Å². The van der Waals surface area contributed by atoms with Crippen LogP contribution in [0.15, 0.2) is 24.3 Å². The summed E-state index contributed by atoms with van der Waals surface area (Å²) in [6.45, 7) is -1.15. The van der Waals surface area contributed by atoms with E-state index in [1.54, 1.807) is 24.3 Å². The van der Waals surface area contributed by atoms with Gasteiger partial charge in [0.25, 0.3) is 5.91 Å². The largest absolute Gasteiger partial charge is 0.482 e. The zero-order valence-corrected chi connectivity index (χ0v) is 11.2. The second-order valence-electron chi connectivity index (χ2n) is 3.65. The first kappa shape index (κ1) is 15.8. The maximum Gasteiger partial charge on any atom is 0.344 e. The lowest BCUT2D eigenvalue weighted by Gasteiger charge is -2.07. The number of carbonyl (C=O) groups excluding carboxylic acids is 3. The van der Waals surface area contributed by atoms with Crippen LogP contribution in [0.25, 0.3) is 0 Å². The second-order valence-corrected chi connectivity index (χ2v) is 4.08. The molecule has 0 aliphatic carbocycles. The first-order valence-corrected chi connectivity index (χ1v) is 5.94. The number of hydrogen-bond acceptors (Lipinski definition) is 5. The summed E-state index contributed by atoms with van der Waals surface area (Å²) in [5.74, 6) is -1.57. The molecule has 3 N–H and O–H groups in total. The van der Waals surface area contributed by atoms with Gasteiger partial charge in [-0.05, 0) is 24.3 Å². The smallest absolute Gasteiger partial charge is 0.344 e. The highest BCUT2D eigenvalue weighted by Gasteiger charge is 2.08. The molecule has 20 heavy (non-hydrogen) atoms. The maximum atomic E-state index is 11.3. The highest BCUT2D eigenvalue weighted by Crippen LogP contribution is 2.15. The molecule has 0 aliphatic rings. The Morgan fingerprint density at radius 2 is 1.80 bits per heavy atom. The third kappa shape index (κ3) is 6.60. The van der Waals surface area contributed by atoms with E-state index >= 15 is 0 Å². The molecule has 0 radical (unpaired) electrons. The molecule has 2 amide bonds. The Morgan fingerprint density at radius 3 is 2.40 bits per heavy atom. The molecule has 0 atom stereocenters. The van der Waals surface area contributed by atoms with Gasteiger partial charge in [0, 0.05) is 5.02 Å². The van der Waals surface area contributed by atoms with Crippen LogP contribution >= 0.6 is 11.6 Å². The van der Waals surface area contributed by atoms with Crippen molar-refractivity contribution in [3.05, 3.63) is 29.3 Å². The van der Waals surface area contributed by atoms with Gasteiger partial charge < -0.3 is 20.5 Å². The van der Waals surface area contributed by atoms with Crippen LogP contribution in [-0.4, -0.2) is 37.5 Å². The van der Waals surface area contributed by atoms with E-state index in [4.69, 9.17) is 22.1 Å². The minimum absolute atomic E-state index is 0.308. The average molecular weight is 301 g/mol. The molecule has 0 saturated carbocycles. The number of esters is 1. The van der Waals surface area contributed by atoms with Gasteiger partial charge in [0.15, 0.2) is 13.2 Å². The van der Waals surface area contributed by atoms with Gasteiger partial charge in [0.1, 0.15) is 5.75 Å². The number of nitrogens with two attached hydrogens (primary N) is 1. The molecule has 0 saturated heterocycles. The number of primary amides is 1. The van der Waals surface area contributed by atoms with Gasteiger partial charge in [-0.2, -0.15) is 0 Å². The molecule has 0 fully saturated rings. The van der Waals surface area contributed by atoms with Crippen LogP contribution in [0.3, 0.4) is 0 Å². The predicted octanol–water partition coefficient (Wildman–Crippen LogP) is -0.136. The molecule has 0 heterocycles. The zero-order chi connectivity index (χ0) is 15.0. The average Bonchev–Trinajstić information content (AvgIpc) is 2.42. The van der Waals surface area contributed by atoms with Gasteiger partial charge in [-0.25, -0.2) is 4.79 Å². The van der Waals surface area contributed by atoms with Crippen molar-refractivity contribution in [1.29, 1.82) is 0 Å². The topological polar surface area (TPSA) is 108 Å². The normalized spacial score (nSPS) is 9.65. The summed E-state index contributed by atoms with van der Waals surface area (Å²) in [7, 11) is 0. The SMILES string of the molecule is NC(=O)CNC(=O)COC(=O)COc1ccc(Cl)cc1. The highest BCUT2D eigenvalue weighted by atomic mass is 35.5. The van der Waals surface area contributed by atoms with E-state index in [0.717, 1.165) is 0 Å². The molecule has 1 rings (SSSR count). The van der Waals surface area contributed by atoms with Crippen LogP contribution in [-0.2, 0) is 19.1 Å². The van der Waals surface area contributed by atoms with Gasteiger partial charge in [-0.15, -0.1) is 0 Å². The number of hydrogen-bond donors (Lipinski definition) is 2. The van der Waals surface area contributed by atoms with Crippen LogP contribution in [0.1, 0.15) is 0 Å².